The van der Waals surface area contributed by atoms with Gasteiger partial charge in [0.05, 0.1) is 36.0 Å². The standard InChI is InChI=1S/C28H25ClFN7O5S2/c1-42-26(40)21-19(33-24(25-31-7-10-43-25)34-23(21)17-3-2-4-18(30)22(17)29)13-35-8-9-36-16(11-35)12-37(28(36)41)27-32-15(14-44-27)5-6-20(38)39/h2-7,10,14,16,23H,8-9,11-13H2,1H3,(H,33,34)(H,38,39)/b6-5+/t16-,23-/m0/s1. The summed E-state index contributed by atoms with van der Waals surface area (Å²) in [7, 11) is 1.27. The van der Waals surface area contributed by atoms with E-state index in [2.05, 4.69) is 20.2 Å². The minimum absolute atomic E-state index is 0.135. The van der Waals surface area contributed by atoms with Crippen LogP contribution in [0.15, 0.2) is 57.5 Å². The number of halogens is 2. The van der Waals surface area contributed by atoms with Crippen LogP contribution in [-0.2, 0) is 14.3 Å². The van der Waals surface area contributed by atoms with E-state index < -0.39 is 23.8 Å². The Morgan fingerprint density at radius 1 is 1.27 bits per heavy atom. The van der Waals surface area contributed by atoms with Crippen molar-refractivity contribution >= 4 is 69.3 Å². The predicted molar refractivity (Wildman–Crippen MR) is 163 cm³/mol. The number of anilines is 1. The summed E-state index contributed by atoms with van der Waals surface area (Å²) < 4.78 is 19.7. The van der Waals surface area contributed by atoms with E-state index >= 15 is 0 Å². The van der Waals surface area contributed by atoms with Crippen LogP contribution in [0, 0.1) is 5.82 Å². The maximum absolute atomic E-state index is 14.6. The molecule has 16 heteroatoms. The molecule has 3 aliphatic heterocycles. The molecule has 228 valence electrons. The van der Waals surface area contributed by atoms with E-state index in [1.807, 2.05) is 0 Å². The maximum Gasteiger partial charge on any atom is 0.338 e. The molecular weight excluding hydrogens is 633 g/mol. The highest BCUT2D eigenvalue weighted by Crippen LogP contribution is 2.38. The van der Waals surface area contributed by atoms with Crippen molar-refractivity contribution < 1.29 is 28.6 Å². The lowest BCUT2D eigenvalue weighted by molar-refractivity contribution is -0.136. The van der Waals surface area contributed by atoms with Gasteiger partial charge in [0.25, 0.3) is 0 Å². The first-order chi connectivity index (χ1) is 21.2. The van der Waals surface area contributed by atoms with E-state index in [0.717, 1.165) is 6.08 Å². The quantitative estimate of drug-likeness (QED) is 0.274. The first kappa shape index (κ1) is 29.9. The molecule has 2 saturated heterocycles. The van der Waals surface area contributed by atoms with E-state index in [9.17, 15) is 18.8 Å². The zero-order valence-electron chi connectivity index (χ0n) is 23.1. The molecule has 0 radical (unpaired) electrons. The van der Waals surface area contributed by atoms with Crippen molar-refractivity contribution in [1.29, 1.82) is 0 Å². The van der Waals surface area contributed by atoms with Gasteiger partial charge in [-0.3, -0.25) is 14.8 Å². The predicted octanol–water partition coefficient (Wildman–Crippen LogP) is 3.63. The van der Waals surface area contributed by atoms with E-state index in [-0.39, 0.29) is 29.2 Å². The fourth-order valence-electron chi connectivity index (χ4n) is 5.41. The van der Waals surface area contributed by atoms with Gasteiger partial charge in [-0.05, 0) is 12.1 Å². The van der Waals surface area contributed by atoms with Crippen LogP contribution in [0.3, 0.4) is 0 Å². The Labute approximate surface area is 263 Å². The summed E-state index contributed by atoms with van der Waals surface area (Å²) in [5.41, 5.74) is 1.51. The van der Waals surface area contributed by atoms with E-state index in [0.29, 0.717) is 59.1 Å². The van der Waals surface area contributed by atoms with Crippen LogP contribution in [0.1, 0.15) is 22.3 Å². The average molecular weight is 658 g/mol. The summed E-state index contributed by atoms with van der Waals surface area (Å²) in [5.74, 6) is -1.92. The number of nitrogens with zero attached hydrogens (tertiary/aromatic N) is 6. The van der Waals surface area contributed by atoms with Gasteiger partial charge in [-0.2, -0.15) is 0 Å². The number of thiazole rings is 2. The van der Waals surface area contributed by atoms with Gasteiger partial charge in [0.2, 0.25) is 0 Å². The van der Waals surface area contributed by atoms with Crippen molar-refractivity contribution in [3.05, 3.63) is 79.6 Å². The number of benzene rings is 1. The smallest absolute Gasteiger partial charge is 0.338 e. The number of amides is 2. The lowest BCUT2D eigenvalue weighted by Gasteiger charge is -2.38. The van der Waals surface area contributed by atoms with Crippen molar-refractivity contribution in [3.63, 3.8) is 0 Å². The summed E-state index contributed by atoms with van der Waals surface area (Å²) in [4.78, 5) is 56.4. The molecule has 12 nitrogen and oxygen atoms in total. The van der Waals surface area contributed by atoms with Gasteiger partial charge in [0, 0.05) is 60.5 Å². The number of ether oxygens (including phenoxy) is 1. The number of aromatic nitrogens is 2. The fraction of sp³-hybridized carbons (Fsp3) is 0.286. The molecule has 0 aliphatic carbocycles. The average Bonchev–Trinajstić information content (AvgIpc) is 3.78. The molecule has 2 aromatic heterocycles. The molecule has 3 aromatic rings. The number of aliphatic imine (C=N–C) groups is 1. The SMILES string of the molecule is COC(=O)C1=C(CN2CCN3C(=O)N(c4nc(/C=C/C(=O)O)cs4)C[C@@H]3C2)NC(c2nccs2)=N[C@H]1c1cccc(F)c1Cl. The number of aliphatic carboxylic acids is 1. The van der Waals surface area contributed by atoms with E-state index in [4.69, 9.17) is 26.4 Å². The second-order valence-electron chi connectivity index (χ2n) is 10.1. The lowest BCUT2D eigenvalue weighted by Crippen LogP contribution is -2.53. The van der Waals surface area contributed by atoms with Gasteiger partial charge < -0.3 is 20.1 Å². The molecule has 6 rings (SSSR count). The van der Waals surface area contributed by atoms with Crippen molar-refractivity contribution in [2.45, 2.75) is 12.1 Å². The topological polar surface area (TPSA) is 141 Å². The summed E-state index contributed by atoms with van der Waals surface area (Å²) >= 11 is 9.01. The van der Waals surface area contributed by atoms with Crippen LogP contribution in [0.2, 0.25) is 5.02 Å². The van der Waals surface area contributed by atoms with Crippen LogP contribution in [-0.4, -0.2) is 94.6 Å². The van der Waals surface area contributed by atoms with E-state index in [1.54, 1.807) is 32.8 Å². The van der Waals surface area contributed by atoms with Gasteiger partial charge in [0.15, 0.2) is 16.0 Å². The lowest BCUT2D eigenvalue weighted by atomic mass is 9.95. The Balaban J connectivity index is 1.27. The molecule has 2 fully saturated rings. The molecule has 3 aliphatic rings. The minimum atomic E-state index is -1.08. The summed E-state index contributed by atoms with van der Waals surface area (Å²) in [6.45, 7) is 2.17. The highest BCUT2D eigenvalue weighted by molar-refractivity contribution is 7.14. The van der Waals surface area contributed by atoms with Crippen molar-refractivity contribution in [1.82, 2.24) is 25.1 Å². The fourth-order valence-corrected chi connectivity index (χ4v) is 7.02. The summed E-state index contributed by atoms with van der Waals surface area (Å²) in [5, 5.41) is 16.6. The first-order valence-electron chi connectivity index (χ1n) is 13.4. The third-order valence-electron chi connectivity index (χ3n) is 7.40. The molecule has 0 spiro atoms. The number of urea groups is 1. The zero-order valence-corrected chi connectivity index (χ0v) is 25.5. The highest BCUT2D eigenvalue weighted by atomic mass is 35.5. The van der Waals surface area contributed by atoms with Crippen LogP contribution < -0.4 is 10.2 Å². The molecule has 44 heavy (non-hydrogen) atoms. The molecule has 0 bridgehead atoms. The second-order valence-corrected chi connectivity index (χ2v) is 12.2. The molecule has 1 aromatic carbocycles. The Kier molecular flexibility index (Phi) is 8.44. The highest BCUT2D eigenvalue weighted by Gasteiger charge is 2.43. The zero-order chi connectivity index (χ0) is 31.0. The summed E-state index contributed by atoms with van der Waals surface area (Å²) in [6, 6.07) is 3.13. The number of hydrogen-bond acceptors (Lipinski definition) is 11. The Hall–Kier alpha value is -4.18. The number of hydrogen-bond donors (Lipinski definition) is 2. The molecule has 5 heterocycles. The van der Waals surface area contributed by atoms with Crippen LogP contribution in [0.4, 0.5) is 14.3 Å². The normalized spacial score (nSPS) is 20.6. The van der Waals surface area contributed by atoms with Crippen LogP contribution >= 0.6 is 34.3 Å². The third-order valence-corrected chi connectivity index (χ3v) is 9.46. The van der Waals surface area contributed by atoms with Gasteiger partial charge >= 0.3 is 18.0 Å². The third kappa shape index (κ3) is 5.83. The number of piperazine rings is 1. The minimum Gasteiger partial charge on any atom is -0.478 e. The number of amidine groups is 1. The van der Waals surface area contributed by atoms with Crippen molar-refractivity contribution in [3.8, 4) is 0 Å². The molecule has 0 unspecified atom stereocenters. The van der Waals surface area contributed by atoms with Crippen LogP contribution in [0.25, 0.3) is 6.08 Å². The molecule has 2 atom stereocenters. The largest absolute Gasteiger partial charge is 0.478 e. The first-order valence-corrected chi connectivity index (χ1v) is 15.5. The monoisotopic (exact) mass is 657 g/mol. The maximum atomic E-state index is 14.6. The molecule has 0 saturated carbocycles. The van der Waals surface area contributed by atoms with Crippen molar-refractivity contribution in [2.75, 3.05) is 44.7 Å². The Morgan fingerprint density at radius 2 is 2.11 bits per heavy atom. The second kappa shape index (κ2) is 12.4. The molecule has 2 amide bonds. The van der Waals surface area contributed by atoms with Crippen LogP contribution in [0.5, 0.6) is 0 Å². The number of carbonyl (C=O) groups is 3. The number of esters is 1. The Bertz CT molecular complexity index is 1710. The van der Waals surface area contributed by atoms with Gasteiger partial charge in [-0.15, -0.1) is 22.7 Å². The van der Waals surface area contributed by atoms with E-state index in [1.165, 1.54) is 48.0 Å². The van der Waals surface area contributed by atoms with Gasteiger partial charge in [-0.1, -0.05) is 23.7 Å². The summed E-state index contributed by atoms with van der Waals surface area (Å²) in [6.07, 6.45) is 4.03. The number of nitrogens with one attached hydrogen (secondary N) is 1. The number of rotatable bonds is 8. The van der Waals surface area contributed by atoms with Crippen molar-refractivity contribution in [2.24, 2.45) is 4.99 Å². The number of carboxylic acids is 1. The number of methoxy groups -OCH3 is 1. The molecular formula is C28H25ClFN7O5S2. The van der Waals surface area contributed by atoms with Gasteiger partial charge in [0.1, 0.15) is 11.9 Å². The number of carbonyl (C=O) groups excluding carboxylic acids is 2. The number of fused-ring (bicyclic) bond motifs is 1. The Morgan fingerprint density at radius 3 is 2.86 bits per heavy atom. The molecule has 2 N–H and O–H groups in total. The van der Waals surface area contributed by atoms with Gasteiger partial charge in [-0.25, -0.2) is 28.7 Å². The number of carboxylic acid groups (broad SMARTS) is 1.